The van der Waals surface area contributed by atoms with Gasteiger partial charge in [0, 0.05) is 36.2 Å². The predicted molar refractivity (Wildman–Crippen MR) is 82.8 cm³/mol. The summed E-state index contributed by atoms with van der Waals surface area (Å²) in [6.07, 6.45) is 4.61. The lowest BCUT2D eigenvalue weighted by Gasteiger charge is -2.24. The van der Waals surface area contributed by atoms with Crippen molar-refractivity contribution in [2.24, 2.45) is 5.92 Å². The maximum absolute atomic E-state index is 12.6. The van der Waals surface area contributed by atoms with E-state index < -0.39 is 0 Å². The van der Waals surface area contributed by atoms with Crippen molar-refractivity contribution in [2.45, 2.75) is 45.3 Å². The highest BCUT2D eigenvalue weighted by molar-refractivity contribution is 9.10. The van der Waals surface area contributed by atoms with Gasteiger partial charge in [0.2, 0.25) is 0 Å². The molecular formula is C15H23BrN2O2. The molecule has 1 aromatic heterocycles. The van der Waals surface area contributed by atoms with E-state index in [1.165, 1.54) is 0 Å². The van der Waals surface area contributed by atoms with Crippen molar-refractivity contribution >= 4 is 21.8 Å². The van der Waals surface area contributed by atoms with Gasteiger partial charge < -0.3 is 14.6 Å². The lowest BCUT2D eigenvalue weighted by molar-refractivity contribution is 0.0682. The summed E-state index contributed by atoms with van der Waals surface area (Å²) in [6.45, 7) is 4.74. The van der Waals surface area contributed by atoms with Gasteiger partial charge in [0.05, 0.1) is 6.10 Å². The smallest absolute Gasteiger partial charge is 0.270 e. The van der Waals surface area contributed by atoms with E-state index in [-0.39, 0.29) is 24.0 Å². The number of aromatic nitrogens is 1. The maximum Gasteiger partial charge on any atom is 0.270 e. The van der Waals surface area contributed by atoms with Crippen LogP contribution >= 0.6 is 15.9 Å². The van der Waals surface area contributed by atoms with Crippen LogP contribution in [0, 0.1) is 5.92 Å². The molecule has 20 heavy (non-hydrogen) atoms. The Morgan fingerprint density at radius 2 is 2.25 bits per heavy atom. The molecule has 0 bridgehead atoms. The number of hydrogen-bond acceptors (Lipinski definition) is 2. The molecule has 1 fully saturated rings. The quantitative estimate of drug-likeness (QED) is 0.913. The second-order valence-electron chi connectivity index (χ2n) is 5.99. The van der Waals surface area contributed by atoms with Crippen molar-refractivity contribution in [3.8, 4) is 0 Å². The van der Waals surface area contributed by atoms with E-state index in [0.29, 0.717) is 12.2 Å². The molecule has 1 amide bonds. The molecule has 2 rings (SSSR count). The number of carbonyl (C=O) groups is 1. The topological polar surface area (TPSA) is 45.5 Å². The zero-order valence-corrected chi connectivity index (χ0v) is 13.9. The monoisotopic (exact) mass is 342 g/mol. The van der Waals surface area contributed by atoms with E-state index in [9.17, 15) is 9.90 Å². The third kappa shape index (κ3) is 3.26. The molecule has 112 valence electrons. The molecule has 1 saturated carbocycles. The first-order valence-electron chi connectivity index (χ1n) is 7.21. The van der Waals surface area contributed by atoms with Gasteiger partial charge in [0.15, 0.2) is 0 Å². The lowest BCUT2D eigenvalue weighted by Crippen LogP contribution is -2.35. The number of nitrogens with zero attached hydrogens (tertiary/aromatic N) is 2. The number of aliphatic hydroxyl groups is 1. The molecular weight excluding hydrogens is 320 g/mol. The highest BCUT2D eigenvalue weighted by Crippen LogP contribution is 2.27. The van der Waals surface area contributed by atoms with Crippen molar-refractivity contribution in [1.82, 2.24) is 9.47 Å². The van der Waals surface area contributed by atoms with Gasteiger partial charge in [-0.1, -0.05) is 6.42 Å². The summed E-state index contributed by atoms with van der Waals surface area (Å²) in [4.78, 5) is 14.3. The molecule has 4 nitrogen and oxygen atoms in total. The number of carbonyl (C=O) groups excluding carboxylic acids is 1. The van der Waals surface area contributed by atoms with Gasteiger partial charge in [-0.05, 0) is 48.7 Å². The number of hydrogen-bond donors (Lipinski definition) is 1. The molecule has 2 unspecified atom stereocenters. The fraction of sp³-hybridized carbons (Fsp3) is 0.667. The Morgan fingerprint density at radius 1 is 1.55 bits per heavy atom. The summed E-state index contributed by atoms with van der Waals surface area (Å²) < 4.78 is 2.90. The highest BCUT2D eigenvalue weighted by atomic mass is 79.9. The minimum absolute atomic E-state index is 0.0171. The van der Waals surface area contributed by atoms with E-state index >= 15 is 0 Å². The first kappa shape index (κ1) is 15.6. The van der Waals surface area contributed by atoms with Crippen LogP contribution in [0.4, 0.5) is 0 Å². The standard InChI is InChI=1S/C15H23BrN2O2/c1-10(2)18-9-12(16)7-13(18)15(20)17(3)8-11-5-4-6-14(11)19/h7,9-11,14,19H,4-6,8H2,1-3H3. The molecule has 0 spiro atoms. The minimum Gasteiger partial charge on any atom is -0.393 e. The van der Waals surface area contributed by atoms with E-state index in [0.717, 1.165) is 23.7 Å². The maximum atomic E-state index is 12.6. The summed E-state index contributed by atoms with van der Waals surface area (Å²) in [5.41, 5.74) is 0.696. The van der Waals surface area contributed by atoms with Crippen LogP contribution in [0.5, 0.6) is 0 Å². The summed E-state index contributed by atoms with van der Waals surface area (Å²) in [6, 6.07) is 2.11. The van der Waals surface area contributed by atoms with Gasteiger partial charge >= 0.3 is 0 Å². The fourth-order valence-corrected chi connectivity index (χ4v) is 3.34. The SMILES string of the molecule is CC(C)n1cc(Br)cc1C(=O)N(C)CC1CCCC1O. The van der Waals surface area contributed by atoms with Crippen molar-refractivity contribution in [2.75, 3.05) is 13.6 Å². The Morgan fingerprint density at radius 3 is 2.80 bits per heavy atom. The lowest BCUT2D eigenvalue weighted by atomic mass is 10.1. The van der Waals surface area contributed by atoms with Crippen LogP contribution in [0.15, 0.2) is 16.7 Å². The van der Waals surface area contributed by atoms with Crippen LogP contribution in [0.2, 0.25) is 0 Å². The van der Waals surface area contributed by atoms with Gasteiger partial charge in [-0.15, -0.1) is 0 Å². The summed E-state index contributed by atoms with van der Waals surface area (Å²) in [5.74, 6) is 0.235. The molecule has 0 saturated heterocycles. The summed E-state index contributed by atoms with van der Waals surface area (Å²) in [5, 5.41) is 9.89. The molecule has 1 heterocycles. The largest absolute Gasteiger partial charge is 0.393 e. The second-order valence-corrected chi connectivity index (χ2v) is 6.90. The molecule has 1 aliphatic carbocycles. The third-order valence-corrected chi connectivity index (χ3v) is 4.50. The Labute approximate surface area is 128 Å². The van der Waals surface area contributed by atoms with Crippen LogP contribution in [-0.2, 0) is 0 Å². The second kappa shape index (κ2) is 6.31. The van der Waals surface area contributed by atoms with Gasteiger partial charge in [0.1, 0.15) is 5.69 Å². The average Bonchev–Trinajstić information content (AvgIpc) is 2.95. The van der Waals surface area contributed by atoms with Crippen molar-refractivity contribution < 1.29 is 9.90 Å². The van der Waals surface area contributed by atoms with Gasteiger partial charge in [-0.3, -0.25) is 4.79 Å². The van der Waals surface area contributed by atoms with Crippen LogP contribution < -0.4 is 0 Å². The van der Waals surface area contributed by atoms with Crippen LogP contribution in [0.1, 0.15) is 49.6 Å². The number of amides is 1. The minimum atomic E-state index is -0.256. The number of halogens is 1. The first-order chi connectivity index (χ1) is 9.40. The molecule has 2 atom stereocenters. The van der Waals surface area contributed by atoms with Crippen LogP contribution in [0.25, 0.3) is 0 Å². The van der Waals surface area contributed by atoms with Gasteiger partial charge in [0.25, 0.3) is 5.91 Å². The Bertz CT molecular complexity index is 484. The molecule has 1 N–H and O–H groups in total. The molecule has 5 heteroatoms. The molecule has 0 aliphatic heterocycles. The Hall–Kier alpha value is -0.810. The molecule has 0 radical (unpaired) electrons. The Kier molecular flexibility index (Phi) is 4.91. The van der Waals surface area contributed by atoms with E-state index in [1.54, 1.807) is 4.90 Å². The zero-order chi connectivity index (χ0) is 14.9. The van der Waals surface area contributed by atoms with E-state index in [4.69, 9.17) is 0 Å². The number of aliphatic hydroxyl groups excluding tert-OH is 1. The Balaban J connectivity index is 2.10. The highest BCUT2D eigenvalue weighted by Gasteiger charge is 2.28. The zero-order valence-electron chi connectivity index (χ0n) is 12.3. The summed E-state index contributed by atoms with van der Waals surface area (Å²) >= 11 is 3.43. The number of rotatable bonds is 4. The molecule has 1 aliphatic rings. The molecule has 0 aromatic carbocycles. The predicted octanol–water partition coefficient (Wildman–Crippen LogP) is 3.06. The fourth-order valence-electron chi connectivity index (χ4n) is 2.90. The van der Waals surface area contributed by atoms with E-state index in [1.807, 2.05) is 23.9 Å². The average molecular weight is 343 g/mol. The van der Waals surface area contributed by atoms with Crippen LogP contribution in [-0.4, -0.2) is 40.2 Å². The van der Waals surface area contributed by atoms with Crippen molar-refractivity contribution in [1.29, 1.82) is 0 Å². The van der Waals surface area contributed by atoms with Gasteiger partial charge in [-0.25, -0.2) is 0 Å². The van der Waals surface area contributed by atoms with Crippen molar-refractivity contribution in [3.63, 3.8) is 0 Å². The molecule has 1 aromatic rings. The van der Waals surface area contributed by atoms with Crippen molar-refractivity contribution in [3.05, 3.63) is 22.4 Å². The summed E-state index contributed by atoms with van der Waals surface area (Å²) in [7, 11) is 1.82. The van der Waals surface area contributed by atoms with Gasteiger partial charge in [-0.2, -0.15) is 0 Å². The van der Waals surface area contributed by atoms with Crippen LogP contribution in [0.3, 0.4) is 0 Å². The third-order valence-electron chi connectivity index (χ3n) is 4.06. The normalized spacial score (nSPS) is 22.5. The first-order valence-corrected chi connectivity index (χ1v) is 8.00. The van der Waals surface area contributed by atoms with E-state index in [2.05, 4.69) is 29.8 Å².